The third-order valence-corrected chi connectivity index (χ3v) is 6.38. The van der Waals surface area contributed by atoms with E-state index in [2.05, 4.69) is 17.1 Å². The van der Waals surface area contributed by atoms with Crippen molar-refractivity contribution >= 4 is 23.6 Å². The zero-order chi connectivity index (χ0) is 20.7. The van der Waals surface area contributed by atoms with Crippen LogP contribution < -0.4 is 11.1 Å². The maximum atomic E-state index is 13.2. The molecule has 8 nitrogen and oxygen atoms in total. The highest BCUT2D eigenvalue weighted by atomic mass is 16.2. The lowest BCUT2D eigenvalue weighted by Gasteiger charge is -2.37. The summed E-state index contributed by atoms with van der Waals surface area (Å²) in [7, 11) is 0. The lowest BCUT2D eigenvalue weighted by molar-refractivity contribution is -0.136. The molecule has 1 aromatic carbocycles. The van der Waals surface area contributed by atoms with Gasteiger partial charge in [0.05, 0.1) is 11.1 Å². The van der Waals surface area contributed by atoms with E-state index in [1.807, 2.05) is 6.07 Å². The molecule has 3 N–H and O–H groups in total. The van der Waals surface area contributed by atoms with Crippen molar-refractivity contribution < 1.29 is 19.2 Å². The lowest BCUT2D eigenvalue weighted by atomic mass is 9.91. The maximum Gasteiger partial charge on any atom is 0.262 e. The second kappa shape index (κ2) is 7.68. The van der Waals surface area contributed by atoms with Gasteiger partial charge in [0, 0.05) is 19.0 Å². The zero-order valence-corrected chi connectivity index (χ0v) is 16.5. The van der Waals surface area contributed by atoms with Crippen molar-refractivity contribution in [1.29, 1.82) is 0 Å². The highest BCUT2D eigenvalue weighted by molar-refractivity contribution is 6.24. The molecule has 154 valence electrons. The molecule has 3 heterocycles. The van der Waals surface area contributed by atoms with Crippen molar-refractivity contribution in [2.24, 2.45) is 11.7 Å². The Morgan fingerprint density at radius 1 is 1.14 bits per heavy atom. The van der Waals surface area contributed by atoms with Crippen molar-refractivity contribution in [2.75, 3.05) is 13.1 Å². The van der Waals surface area contributed by atoms with Crippen LogP contribution in [0, 0.1) is 5.92 Å². The average molecular weight is 398 g/mol. The van der Waals surface area contributed by atoms with Gasteiger partial charge in [0.1, 0.15) is 6.04 Å². The number of hydrogen-bond acceptors (Lipinski definition) is 6. The Morgan fingerprint density at radius 3 is 2.62 bits per heavy atom. The number of nitrogens with zero attached hydrogens (tertiary/aromatic N) is 2. The summed E-state index contributed by atoms with van der Waals surface area (Å²) < 4.78 is 0. The number of nitrogens with two attached hydrogens (primary N) is 1. The molecule has 0 aromatic heterocycles. The molecule has 3 aliphatic heterocycles. The summed E-state index contributed by atoms with van der Waals surface area (Å²) in [5.41, 5.74) is 7.34. The van der Waals surface area contributed by atoms with E-state index in [0.717, 1.165) is 29.8 Å². The number of carbonyl (C=O) groups excluding carboxylic acids is 4. The summed E-state index contributed by atoms with van der Waals surface area (Å²) >= 11 is 0. The fourth-order valence-electron chi connectivity index (χ4n) is 4.70. The van der Waals surface area contributed by atoms with E-state index >= 15 is 0 Å². The van der Waals surface area contributed by atoms with Crippen LogP contribution in [0.3, 0.4) is 0 Å². The number of amides is 4. The van der Waals surface area contributed by atoms with Crippen LogP contribution in [0.25, 0.3) is 0 Å². The van der Waals surface area contributed by atoms with Crippen molar-refractivity contribution in [2.45, 2.75) is 51.2 Å². The van der Waals surface area contributed by atoms with Crippen LogP contribution in [0.2, 0.25) is 0 Å². The molecule has 0 spiro atoms. The summed E-state index contributed by atoms with van der Waals surface area (Å²) in [6.45, 7) is 4.32. The first-order valence-corrected chi connectivity index (χ1v) is 10.2. The fraction of sp³-hybridized carbons (Fsp3) is 0.524. The minimum absolute atomic E-state index is 0.115. The van der Waals surface area contributed by atoms with E-state index in [1.165, 1.54) is 0 Å². The van der Waals surface area contributed by atoms with Gasteiger partial charge >= 0.3 is 0 Å². The highest BCUT2D eigenvalue weighted by Gasteiger charge is 2.45. The van der Waals surface area contributed by atoms with Crippen LogP contribution in [0.1, 0.15) is 58.9 Å². The minimum Gasteiger partial charge on any atom is -0.330 e. The topological polar surface area (TPSA) is 113 Å². The number of imide groups is 2. The normalized spacial score (nSPS) is 27.9. The molecule has 0 aliphatic carbocycles. The first kappa shape index (κ1) is 19.7. The van der Waals surface area contributed by atoms with E-state index in [0.29, 0.717) is 36.2 Å². The largest absolute Gasteiger partial charge is 0.330 e. The van der Waals surface area contributed by atoms with Gasteiger partial charge in [0.15, 0.2) is 0 Å². The van der Waals surface area contributed by atoms with E-state index < -0.39 is 23.8 Å². The van der Waals surface area contributed by atoms with Crippen LogP contribution in [0.4, 0.5) is 0 Å². The second-order valence-corrected chi connectivity index (χ2v) is 8.23. The monoisotopic (exact) mass is 398 g/mol. The standard InChI is InChI=1S/C21H26N4O4/c1-12-9-13(10-22)7-8-24(12)11-14-3-2-4-15-18(14)21(29)25(20(15)28)16-5-6-17(26)23-19(16)27/h2-4,12-13,16H,5-11,22H2,1H3,(H,23,26,27)/t12-,13+,16?/m1/s1. The Balaban J connectivity index is 1.58. The Bertz CT molecular complexity index is 883. The summed E-state index contributed by atoms with van der Waals surface area (Å²) in [5, 5.41) is 2.23. The van der Waals surface area contributed by atoms with Crippen molar-refractivity contribution in [3.63, 3.8) is 0 Å². The van der Waals surface area contributed by atoms with E-state index in [-0.39, 0.29) is 18.7 Å². The van der Waals surface area contributed by atoms with Gasteiger partial charge in [-0.2, -0.15) is 0 Å². The third kappa shape index (κ3) is 3.47. The van der Waals surface area contributed by atoms with E-state index in [9.17, 15) is 19.2 Å². The van der Waals surface area contributed by atoms with Crippen LogP contribution in [-0.4, -0.2) is 58.6 Å². The predicted molar refractivity (Wildman–Crippen MR) is 105 cm³/mol. The minimum atomic E-state index is -0.938. The Hall–Kier alpha value is -2.58. The molecule has 3 aliphatic rings. The number of fused-ring (bicyclic) bond motifs is 1. The molecule has 0 bridgehead atoms. The lowest BCUT2D eigenvalue weighted by Crippen LogP contribution is -2.54. The van der Waals surface area contributed by atoms with Gasteiger partial charge in [-0.25, -0.2) is 0 Å². The summed E-state index contributed by atoms with van der Waals surface area (Å²) in [6, 6.07) is 4.69. The molecule has 2 fully saturated rings. The average Bonchev–Trinajstić information content (AvgIpc) is 2.95. The molecule has 8 heteroatoms. The molecular formula is C21H26N4O4. The Kier molecular flexibility index (Phi) is 5.23. The predicted octanol–water partition coefficient (Wildman–Crippen LogP) is 0.647. The first-order chi connectivity index (χ1) is 13.9. The number of likely N-dealkylation sites (tertiary alicyclic amines) is 1. The Labute approximate surface area is 169 Å². The molecule has 3 atom stereocenters. The van der Waals surface area contributed by atoms with Crippen LogP contribution in [0.5, 0.6) is 0 Å². The number of carbonyl (C=O) groups is 4. The molecule has 29 heavy (non-hydrogen) atoms. The van der Waals surface area contributed by atoms with E-state index in [1.54, 1.807) is 12.1 Å². The van der Waals surface area contributed by atoms with Crippen molar-refractivity contribution in [3.8, 4) is 0 Å². The molecule has 0 saturated carbocycles. The smallest absolute Gasteiger partial charge is 0.262 e. The molecule has 1 aromatic rings. The first-order valence-electron chi connectivity index (χ1n) is 10.2. The third-order valence-electron chi connectivity index (χ3n) is 6.38. The second-order valence-electron chi connectivity index (χ2n) is 8.23. The van der Waals surface area contributed by atoms with Gasteiger partial charge < -0.3 is 5.73 Å². The summed E-state index contributed by atoms with van der Waals surface area (Å²) in [4.78, 5) is 53.1. The number of hydrogen-bond donors (Lipinski definition) is 2. The molecule has 4 amide bonds. The van der Waals surface area contributed by atoms with Gasteiger partial charge in [-0.3, -0.25) is 34.3 Å². The van der Waals surface area contributed by atoms with Crippen molar-refractivity contribution in [1.82, 2.24) is 15.1 Å². The molecule has 1 unspecified atom stereocenters. The number of rotatable bonds is 4. The van der Waals surface area contributed by atoms with Gasteiger partial charge in [0.25, 0.3) is 11.8 Å². The zero-order valence-electron chi connectivity index (χ0n) is 16.5. The molecular weight excluding hydrogens is 372 g/mol. The van der Waals surface area contributed by atoms with Gasteiger partial charge in [0.2, 0.25) is 11.8 Å². The SMILES string of the molecule is C[C@@H]1C[C@@H](CN)CCN1Cc1cccc2c1C(=O)N(C1CCC(=O)NC1=O)C2=O. The van der Waals surface area contributed by atoms with E-state index in [4.69, 9.17) is 5.73 Å². The van der Waals surface area contributed by atoms with Crippen LogP contribution >= 0.6 is 0 Å². The van der Waals surface area contributed by atoms with Gasteiger partial charge in [-0.15, -0.1) is 0 Å². The van der Waals surface area contributed by atoms with Crippen LogP contribution in [0.15, 0.2) is 18.2 Å². The summed E-state index contributed by atoms with van der Waals surface area (Å²) in [6.07, 6.45) is 2.31. The van der Waals surface area contributed by atoms with Gasteiger partial charge in [-0.1, -0.05) is 12.1 Å². The quantitative estimate of drug-likeness (QED) is 0.720. The number of benzene rings is 1. The Morgan fingerprint density at radius 2 is 1.93 bits per heavy atom. The fourth-order valence-corrected chi connectivity index (χ4v) is 4.70. The maximum absolute atomic E-state index is 13.2. The molecule has 0 radical (unpaired) electrons. The number of piperidine rings is 2. The molecule has 4 rings (SSSR count). The van der Waals surface area contributed by atoms with Crippen LogP contribution in [-0.2, 0) is 16.1 Å². The van der Waals surface area contributed by atoms with Crippen molar-refractivity contribution in [3.05, 3.63) is 34.9 Å². The summed E-state index contributed by atoms with van der Waals surface area (Å²) in [5.74, 6) is -1.35. The number of nitrogens with one attached hydrogen (secondary N) is 1. The van der Waals surface area contributed by atoms with Gasteiger partial charge in [-0.05, 0) is 56.8 Å². The highest BCUT2D eigenvalue weighted by Crippen LogP contribution is 2.32. The molecule has 2 saturated heterocycles.